The summed E-state index contributed by atoms with van der Waals surface area (Å²) in [7, 11) is 0. The van der Waals surface area contributed by atoms with Crippen LogP contribution in [0.3, 0.4) is 0 Å². The third kappa shape index (κ3) is 3.87. The van der Waals surface area contributed by atoms with E-state index >= 15 is 0 Å². The number of hydrogen-bond donors (Lipinski definition) is 1. The molecule has 2 amide bonds. The van der Waals surface area contributed by atoms with E-state index in [-0.39, 0.29) is 11.8 Å². The van der Waals surface area contributed by atoms with E-state index in [1.807, 2.05) is 27.3 Å². The van der Waals surface area contributed by atoms with Gasteiger partial charge >= 0.3 is 0 Å². The molecule has 2 aromatic heterocycles. The molecule has 1 saturated carbocycles. The van der Waals surface area contributed by atoms with E-state index in [0.29, 0.717) is 43.0 Å². The first kappa shape index (κ1) is 16.6. The van der Waals surface area contributed by atoms with Gasteiger partial charge in [0.2, 0.25) is 11.1 Å². The number of thiophene rings is 1. The van der Waals surface area contributed by atoms with Crippen LogP contribution in [0.5, 0.6) is 0 Å². The first-order chi connectivity index (χ1) is 12.2. The lowest BCUT2D eigenvalue weighted by Gasteiger charge is -2.34. The van der Waals surface area contributed by atoms with Gasteiger partial charge in [-0.2, -0.15) is 0 Å². The number of aromatic nitrogens is 3. The molecule has 1 aliphatic carbocycles. The number of amides is 2. The standard InChI is InChI=1S/C16H19N5O2S2/c22-13(10-25-16-17-14(18-19-16)11-3-4-11)20-5-7-21(8-6-20)15(23)12-2-1-9-24-12/h1-2,9,11H,3-8,10H2,(H,17,18,19). The van der Waals surface area contributed by atoms with Gasteiger partial charge in [-0.15, -0.1) is 16.4 Å². The fraction of sp³-hybridized carbons (Fsp3) is 0.500. The summed E-state index contributed by atoms with van der Waals surface area (Å²) >= 11 is 2.82. The van der Waals surface area contributed by atoms with Gasteiger partial charge in [0.15, 0.2) is 0 Å². The monoisotopic (exact) mass is 377 g/mol. The molecule has 1 aliphatic heterocycles. The molecule has 2 aromatic rings. The van der Waals surface area contributed by atoms with Crippen LogP contribution in [0.2, 0.25) is 0 Å². The number of piperazine rings is 1. The van der Waals surface area contributed by atoms with Gasteiger partial charge < -0.3 is 9.80 Å². The molecule has 0 aromatic carbocycles. The van der Waals surface area contributed by atoms with E-state index in [1.54, 1.807) is 0 Å². The molecule has 1 saturated heterocycles. The van der Waals surface area contributed by atoms with Gasteiger partial charge in [-0.05, 0) is 24.3 Å². The van der Waals surface area contributed by atoms with Gasteiger partial charge in [0.05, 0.1) is 10.6 Å². The van der Waals surface area contributed by atoms with Gasteiger partial charge in [0, 0.05) is 32.1 Å². The smallest absolute Gasteiger partial charge is 0.264 e. The van der Waals surface area contributed by atoms with E-state index in [9.17, 15) is 9.59 Å². The lowest BCUT2D eigenvalue weighted by Crippen LogP contribution is -2.51. The highest BCUT2D eigenvalue weighted by atomic mass is 32.2. The summed E-state index contributed by atoms with van der Waals surface area (Å²) in [5.74, 6) is 1.94. The van der Waals surface area contributed by atoms with Crippen molar-refractivity contribution < 1.29 is 9.59 Å². The van der Waals surface area contributed by atoms with Crippen molar-refractivity contribution in [2.75, 3.05) is 31.9 Å². The first-order valence-corrected chi connectivity index (χ1v) is 10.2. The predicted molar refractivity (Wildman–Crippen MR) is 95.9 cm³/mol. The molecule has 0 unspecified atom stereocenters. The zero-order valence-electron chi connectivity index (χ0n) is 13.7. The van der Waals surface area contributed by atoms with E-state index in [0.717, 1.165) is 10.7 Å². The number of thioether (sulfide) groups is 1. The molecule has 2 aliphatic rings. The average Bonchev–Trinajstić information content (AvgIpc) is 3.15. The Morgan fingerprint density at radius 2 is 2.00 bits per heavy atom. The minimum absolute atomic E-state index is 0.0600. The number of carbonyl (C=O) groups excluding carboxylic acids is 2. The molecule has 0 atom stereocenters. The van der Waals surface area contributed by atoms with Crippen LogP contribution in [-0.4, -0.2) is 68.7 Å². The lowest BCUT2D eigenvalue weighted by atomic mass is 10.3. The number of hydrogen-bond acceptors (Lipinski definition) is 6. The third-order valence-electron chi connectivity index (χ3n) is 4.42. The molecule has 0 bridgehead atoms. The van der Waals surface area contributed by atoms with Crippen molar-refractivity contribution in [2.45, 2.75) is 23.9 Å². The zero-order chi connectivity index (χ0) is 17.2. The topological polar surface area (TPSA) is 82.2 Å². The highest BCUT2D eigenvalue weighted by Gasteiger charge is 2.28. The molecule has 0 spiro atoms. The third-order valence-corrected chi connectivity index (χ3v) is 6.11. The first-order valence-electron chi connectivity index (χ1n) is 8.36. The van der Waals surface area contributed by atoms with E-state index in [4.69, 9.17) is 0 Å². The molecular formula is C16H19N5O2S2. The fourth-order valence-corrected chi connectivity index (χ4v) is 4.19. The van der Waals surface area contributed by atoms with Crippen LogP contribution in [0, 0.1) is 0 Å². The maximum Gasteiger partial charge on any atom is 0.264 e. The van der Waals surface area contributed by atoms with Crippen LogP contribution in [0.25, 0.3) is 0 Å². The molecule has 4 rings (SSSR count). The summed E-state index contributed by atoms with van der Waals surface area (Å²) in [5.41, 5.74) is 0. The van der Waals surface area contributed by atoms with Gasteiger partial charge in [-0.1, -0.05) is 17.8 Å². The molecule has 9 heteroatoms. The van der Waals surface area contributed by atoms with Crippen molar-refractivity contribution in [2.24, 2.45) is 0 Å². The zero-order valence-corrected chi connectivity index (χ0v) is 15.3. The van der Waals surface area contributed by atoms with Gasteiger partial charge in [0.1, 0.15) is 5.82 Å². The van der Waals surface area contributed by atoms with Crippen LogP contribution in [0.1, 0.15) is 34.3 Å². The molecule has 132 valence electrons. The van der Waals surface area contributed by atoms with Crippen molar-refractivity contribution in [1.82, 2.24) is 25.0 Å². The number of nitrogens with zero attached hydrogens (tertiary/aromatic N) is 4. The van der Waals surface area contributed by atoms with Crippen LogP contribution < -0.4 is 0 Å². The Hall–Kier alpha value is -1.87. The maximum absolute atomic E-state index is 12.4. The summed E-state index contributed by atoms with van der Waals surface area (Å²) in [6, 6.07) is 3.72. The number of rotatable bonds is 5. The molecule has 7 nitrogen and oxygen atoms in total. The summed E-state index contributed by atoms with van der Waals surface area (Å²) < 4.78 is 0. The summed E-state index contributed by atoms with van der Waals surface area (Å²) in [5, 5.41) is 9.66. The number of aromatic amines is 1. The fourth-order valence-electron chi connectivity index (χ4n) is 2.79. The second-order valence-electron chi connectivity index (χ2n) is 6.22. The highest BCUT2D eigenvalue weighted by molar-refractivity contribution is 7.99. The maximum atomic E-state index is 12.4. The largest absolute Gasteiger partial charge is 0.338 e. The van der Waals surface area contributed by atoms with Crippen LogP contribution in [0.15, 0.2) is 22.7 Å². The lowest BCUT2D eigenvalue weighted by molar-refractivity contribution is -0.129. The average molecular weight is 377 g/mol. The summed E-state index contributed by atoms with van der Waals surface area (Å²) in [6.45, 7) is 2.33. The van der Waals surface area contributed by atoms with Crippen molar-refractivity contribution in [3.05, 3.63) is 28.2 Å². The Morgan fingerprint density at radius 3 is 2.68 bits per heavy atom. The molecule has 3 heterocycles. The highest BCUT2D eigenvalue weighted by Crippen LogP contribution is 2.38. The number of nitrogens with one attached hydrogen (secondary N) is 1. The molecule has 1 N–H and O–H groups in total. The van der Waals surface area contributed by atoms with Crippen molar-refractivity contribution >= 4 is 34.9 Å². The quantitative estimate of drug-likeness (QED) is 0.804. The minimum Gasteiger partial charge on any atom is -0.338 e. The molecule has 0 radical (unpaired) electrons. The Kier molecular flexibility index (Phi) is 4.76. The Bertz CT molecular complexity index is 748. The number of H-pyrrole nitrogens is 1. The van der Waals surface area contributed by atoms with Crippen LogP contribution in [-0.2, 0) is 4.79 Å². The Balaban J connectivity index is 1.24. The van der Waals surface area contributed by atoms with Gasteiger partial charge in [-0.25, -0.2) is 4.98 Å². The second kappa shape index (κ2) is 7.17. The van der Waals surface area contributed by atoms with Gasteiger partial charge in [0.25, 0.3) is 5.91 Å². The van der Waals surface area contributed by atoms with Crippen LogP contribution >= 0.6 is 23.1 Å². The summed E-state index contributed by atoms with van der Waals surface area (Å²) in [6.07, 6.45) is 2.35. The Morgan fingerprint density at radius 1 is 1.24 bits per heavy atom. The molecule has 25 heavy (non-hydrogen) atoms. The molecule has 2 fully saturated rings. The van der Waals surface area contributed by atoms with Crippen molar-refractivity contribution in [3.8, 4) is 0 Å². The SMILES string of the molecule is O=C(CSc1n[nH]c(C2CC2)n1)N1CCN(C(=O)c2cccs2)CC1. The summed E-state index contributed by atoms with van der Waals surface area (Å²) in [4.78, 5) is 33.5. The van der Waals surface area contributed by atoms with E-state index in [1.165, 1.54) is 35.9 Å². The van der Waals surface area contributed by atoms with Crippen molar-refractivity contribution in [3.63, 3.8) is 0 Å². The molecular weight excluding hydrogens is 358 g/mol. The minimum atomic E-state index is 0.0600. The Labute approximate surface area is 153 Å². The van der Waals surface area contributed by atoms with Gasteiger partial charge in [-0.3, -0.25) is 14.7 Å². The normalized spacial score (nSPS) is 17.8. The van der Waals surface area contributed by atoms with E-state index < -0.39 is 0 Å². The second-order valence-corrected chi connectivity index (χ2v) is 8.11. The predicted octanol–water partition coefficient (Wildman–Crippen LogP) is 1.82. The van der Waals surface area contributed by atoms with Crippen molar-refractivity contribution in [1.29, 1.82) is 0 Å². The van der Waals surface area contributed by atoms with E-state index in [2.05, 4.69) is 15.2 Å². The van der Waals surface area contributed by atoms with Crippen LogP contribution in [0.4, 0.5) is 0 Å². The number of carbonyl (C=O) groups is 2.